The molecule has 154 valence electrons. The lowest BCUT2D eigenvalue weighted by atomic mass is 10.1. The zero-order chi connectivity index (χ0) is 21.3. The van der Waals surface area contributed by atoms with E-state index in [1.54, 1.807) is 47.4 Å². The summed E-state index contributed by atoms with van der Waals surface area (Å²) < 4.78 is 0. The van der Waals surface area contributed by atoms with Crippen molar-refractivity contribution >= 4 is 40.8 Å². The molecule has 0 aliphatic heterocycles. The second kappa shape index (κ2) is 10.6. The van der Waals surface area contributed by atoms with E-state index in [0.29, 0.717) is 17.7 Å². The van der Waals surface area contributed by atoms with Gasteiger partial charge in [-0.15, -0.1) is 23.1 Å². The van der Waals surface area contributed by atoms with Crippen molar-refractivity contribution in [1.82, 2.24) is 10.6 Å². The zero-order valence-electron chi connectivity index (χ0n) is 16.1. The molecule has 30 heavy (non-hydrogen) atoms. The lowest BCUT2D eigenvalue weighted by molar-refractivity contribution is -0.117. The highest BCUT2D eigenvalue weighted by atomic mass is 32.2. The molecule has 3 amide bonds. The SMILES string of the molecule is NC(=O)CNC(=O)c1ccc(CNC(=O)c2ccccc2SCc2cccs2)cc1. The first-order valence-electron chi connectivity index (χ1n) is 9.21. The highest BCUT2D eigenvalue weighted by molar-refractivity contribution is 7.98. The van der Waals surface area contributed by atoms with Crippen molar-refractivity contribution in [2.24, 2.45) is 5.73 Å². The standard InChI is InChI=1S/C22H21N3O3S2/c23-20(26)13-25-21(27)16-9-7-15(8-10-16)12-24-22(28)18-5-1-2-6-19(18)30-14-17-4-3-11-29-17/h1-11H,12-14H2,(H2,23,26)(H,24,28)(H,25,27). The molecule has 0 bridgehead atoms. The molecule has 0 spiro atoms. The smallest absolute Gasteiger partial charge is 0.252 e. The summed E-state index contributed by atoms with van der Waals surface area (Å²) in [7, 11) is 0. The van der Waals surface area contributed by atoms with Crippen LogP contribution in [0.1, 0.15) is 31.2 Å². The van der Waals surface area contributed by atoms with E-state index in [-0.39, 0.29) is 18.4 Å². The number of thioether (sulfide) groups is 1. The van der Waals surface area contributed by atoms with Crippen molar-refractivity contribution in [2.45, 2.75) is 17.2 Å². The number of nitrogens with two attached hydrogens (primary N) is 1. The van der Waals surface area contributed by atoms with Crippen LogP contribution in [0, 0.1) is 0 Å². The van der Waals surface area contributed by atoms with Gasteiger partial charge in [0, 0.05) is 27.6 Å². The summed E-state index contributed by atoms with van der Waals surface area (Å²) in [6.07, 6.45) is 0. The van der Waals surface area contributed by atoms with Gasteiger partial charge in [0.2, 0.25) is 5.91 Å². The molecule has 0 saturated heterocycles. The Morgan fingerprint density at radius 3 is 2.37 bits per heavy atom. The molecule has 0 fully saturated rings. The molecule has 1 aromatic heterocycles. The van der Waals surface area contributed by atoms with Crippen molar-refractivity contribution in [3.63, 3.8) is 0 Å². The Balaban J connectivity index is 1.56. The summed E-state index contributed by atoms with van der Waals surface area (Å²) in [5.74, 6) is -0.300. The number of thiophene rings is 1. The predicted molar refractivity (Wildman–Crippen MR) is 119 cm³/mol. The summed E-state index contributed by atoms with van der Waals surface area (Å²) in [6.45, 7) is 0.131. The fraction of sp³-hybridized carbons (Fsp3) is 0.136. The third-order valence-corrected chi connectivity index (χ3v) is 6.36. The Morgan fingerprint density at radius 1 is 0.900 bits per heavy atom. The summed E-state index contributed by atoms with van der Waals surface area (Å²) in [5.41, 5.74) is 6.94. The van der Waals surface area contributed by atoms with Gasteiger partial charge in [-0.05, 0) is 41.3 Å². The van der Waals surface area contributed by atoms with E-state index in [0.717, 1.165) is 16.2 Å². The van der Waals surface area contributed by atoms with Gasteiger partial charge >= 0.3 is 0 Å². The average Bonchev–Trinajstić information content (AvgIpc) is 3.28. The second-order valence-corrected chi connectivity index (χ2v) is 8.44. The molecule has 8 heteroatoms. The Kier molecular flexibility index (Phi) is 7.64. The first-order chi connectivity index (χ1) is 14.5. The van der Waals surface area contributed by atoms with Gasteiger partial charge in [0.1, 0.15) is 0 Å². The van der Waals surface area contributed by atoms with Crippen LogP contribution in [-0.4, -0.2) is 24.3 Å². The van der Waals surface area contributed by atoms with Gasteiger partial charge in [-0.1, -0.05) is 30.3 Å². The van der Waals surface area contributed by atoms with Crippen LogP contribution in [-0.2, 0) is 17.1 Å². The van der Waals surface area contributed by atoms with Crippen LogP contribution < -0.4 is 16.4 Å². The molecule has 0 aliphatic rings. The molecular weight excluding hydrogens is 418 g/mol. The van der Waals surface area contributed by atoms with Crippen LogP contribution in [0.4, 0.5) is 0 Å². The van der Waals surface area contributed by atoms with Crippen molar-refractivity contribution in [3.8, 4) is 0 Å². The molecule has 1 heterocycles. The summed E-state index contributed by atoms with van der Waals surface area (Å²) in [4.78, 5) is 37.5. The fourth-order valence-electron chi connectivity index (χ4n) is 2.64. The Hall–Kier alpha value is -3.10. The minimum Gasteiger partial charge on any atom is -0.368 e. The van der Waals surface area contributed by atoms with Gasteiger partial charge in [0.15, 0.2) is 0 Å². The fourth-order valence-corrected chi connectivity index (χ4v) is 4.47. The lowest BCUT2D eigenvalue weighted by Crippen LogP contribution is -2.33. The van der Waals surface area contributed by atoms with Gasteiger partial charge in [-0.2, -0.15) is 0 Å². The number of hydrogen-bond donors (Lipinski definition) is 3. The third kappa shape index (κ3) is 6.20. The number of carbonyl (C=O) groups is 3. The van der Waals surface area contributed by atoms with E-state index in [1.807, 2.05) is 35.7 Å². The van der Waals surface area contributed by atoms with E-state index < -0.39 is 5.91 Å². The van der Waals surface area contributed by atoms with Crippen LogP contribution in [0.5, 0.6) is 0 Å². The van der Waals surface area contributed by atoms with Crippen LogP contribution in [0.2, 0.25) is 0 Å². The zero-order valence-corrected chi connectivity index (χ0v) is 17.7. The average molecular weight is 440 g/mol. The highest BCUT2D eigenvalue weighted by Gasteiger charge is 2.12. The maximum Gasteiger partial charge on any atom is 0.252 e. The molecule has 0 aliphatic carbocycles. The van der Waals surface area contributed by atoms with Crippen molar-refractivity contribution < 1.29 is 14.4 Å². The molecule has 0 saturated carbocycles. The predicted octanol–water partition coefficient (Wildman–Crippen LogP) is 3.19. The van der Waals surface area contributed by atoms with E-state index in [1.165, 1.54) is 4.88 Å². The molecule has 0 atom stereocenters. The molecule has 6 nitrogen and oxygen atoms in total. The van der Waals surface area contributed by atoms with Gasteiger partial charge in [0.05, 0.1) is 12.1 Å². The molecule has 0 radical (unpaired) electrons. The normalized spacial score (nSPS) is 10.4. The highest BCUT2D eigenvalue weighted by Crippen LogP contribution is 2.28. The van der Waals surface area contributed by atoms with Crippen LogP contribution in [0.15, 0.2) is 70.9 Å². The largest absolute Gasteiger partial charge is 0.368 e. The number of rotatable bonds is 9. The van der Waals surface area contributed by atoms with Crippen LogP contribution in [0.3, 0.4) is 0 Å². The summed E-state index contributed by atoms with van der Waals surface area (Å²) in [6, 6.07) is 18.5. The second-order valence-electron chi connectivity index (χ2n) is 6.39. The molecular formula is C22H21N3O3S2. The third-order valence-electron chi connectivity index (χ3n) is 4.17. The Labute approximate surface area is 182 Å². The van der Waals surface area contributed by atoms with Crippen LogP contribution >= 0.6 is 23.1 Å². The lowest BCUT2D eigenvalue weighted by Gasteiger charge is -2.10. The summed E-state index contributed by atoms with van der Waals surface area (Å²) >= 11 is 3.34. The topological polar surface area (TPSA) is 101 Å². The molecule has 3 aromatic rings. The first kappa shape index (κ1) is 21.6. The van der Waals surface area contributed by atoms with Gasteiger partial charge in [-0.25, -0.2) is 0 Å². The number of benzene rings is 2. The molecule has 2 aromatic carbocycles. The molecule has 4 N–H and O–H groups in total. The first-order valence-corrected chi connectivity index (χ1v) is 11.1. The number of amides is 3. The maximum atomic E-state index is 12.7. The number of primary amides is 1. The quantitative estimate of drug-likeness (QED) is 0.446. The number of carbonyl (C=O) groups excluding carboxylic acids is 3. The van der Waals surface area contributed by atoms with E-state index >= 15 is 0 Å². The van der Waals surface area contributed by atoms with Crippen molar-refractivity contribution in [2.75, 3.05) is 6.54 Å². The maximum absolute atomic E-state index is 12.7. The Bertz CT molecular complexity index is 1020. The van der Waals surface area contributed by atoms with Crippen molar-refractivity contribution in [3.05, 3.63) is 87.6 Å². The minimum atomic E-state index is -0.600. The molecule has 3 rings (SSSR count). The van der Waals surface area contributed by atoms with Crippen molar-refractivity contribution in [1.29, 1.82) is 0 Å². The van der Waals surface area contributed by atoms with Gasteiger partial charge < -0.3 is 16.4 Å². The minimum absolute atomic E-state index is 0.146. The number of nitrogens with one attached hydrogen (secondary N) is 2. The number of hydrogen-bond acceptors (Lipinski definition) is 5. The van der Waals surface area contributed by atoms with E-state index in [4.69, 9.17) is 5.73 Å². The molecule has 0 unspecified atom stereocenters. The van der Waals surface area contributed by atoms with Crippen LogP contribution in [0.25, 0.3) is 0 Å². The van der Waals surface area contributed by atoms with Gasteiger partial charge in [0.25, 0.3) is 11.8 Å². The monoisotopic (exact) mass is 439 g/mol. The van der Waals surface area contributed by atoms with Gasteiger partial charge in [-0.3, -0.25) is 14.4 Å². The van der Waals surface area contributed by atoms with E-state index in [9.17, 15) is 14.4 Å². The Morgan fingerprint density at radius 2 is 1.67 bits per heavy atom. The van der Waals surface area contributed by atoms with E-state index in [2.05, 4.69) is 16.7 Å². The summed E-state index contributed by atoms with van der Waals surface area (Å²) in [5, 5.41) is 7.40.